The summed E-state index contributed by atoms with van der Waals surface area (Å²) in [5, 5.41) is 0. The summed E-state index contributed by atoms with van der Waals surface area (Å²) in [7, 11) is 0. The van der Waals surface area contributed by atoms with Crippen LogP contribution < -0.4 is 0 Å². The molecule has 5 aromatic rings. The van der Waals surface area contributed by atoms with Crippen LogP contribution in [0.3, 0.4) is 0 Å². The molecule has 3 aromatic carbocycles. The van der Waals surface area contributed by atoms with Crippen molar-refractivity contribution in [1.82, 2.24) is 19.9 Å². The normalized spacial score (nSPS) is 18.7. The van der Waals surface area contributed by atoms with Crippen LogP contribution in [0.4, 0.5) is 0 Å². The fraction of sp³-hybridized carbons (Fsp3) is 0.395. The first-order chi connectivity index (χ1) is 22.5. The van der Waals surface area contributed by atoms with E-state index in [1.54, 1.807) is 0 Å². The summed E-state index contributed by atoms with van der Waals surface area (Å²) in [4.78, 5) is 20.2. The molecule has 47 heavy (non-hydrogen) atoms. The van der Waals surface area contributed by atoms with Crippen molar-refractivity contribution in [3.8, 4) is 45.4 Å². The second kappa shape index (κ2) is 10.9. The number of hydrogen-bond donors (Lipinski definition) is 0. The Kier molecular flexibility index (Phi) is 7.02. The van der Waals surface area contributed by atoms with Crippen molar-refractivity contribution in [2.75, 3.05) is 0 Å². The summed E-state index contributed by atoms with van der Waals surface area (Å²) in [6.07, 6.45) is 11.5. The Morgan fingerprint density at radius 3 is 1.45 bits per heavy atom. The summed E-state index contributed by atoms with van der Waals surface area (Å²) in [6.45, 7) is 14.4. The second-order valence-corrected chi connectivity index (χ2v) is 15.8. The molecule has 4 nitrogen and oxygen atoms in total. The van der Waals surface area contributed by atoms with E-state index in [9.17, 15) is 0 Å². The van der Waals surface area contributed by atoms with Crippen molar-refractivity contribution < 1.29 is 0 Å². The van der Waals surface area contributed by atoms with E-state index in [1.807, 2.05) is 6.20 Å². The fourth-order valence-electron chi connectivity index (χ4n) is 8.43. The Labute approximate surface area is 280 Å². The average Bonchev–Trinajstić information content (AvgIpc) is 3.20. The molecule has 4 heteroatoms. The molecule has 0 bridgehead atoms. The van der Waals surface area contributed by atoms with Crippen LogP contribution in [0.1, 0.15) is 101 Å². The second-order valence-electron chi connectivity index (χ2n) is 15.8. The number of pyridine rings is 1. The number of rotatable bonds is 4. The van der Waals surface area contributed by atoms with Gasteiger partial charge in [-0.3, -0.25) is 4.98 Å². The third kappa shape index (κ3) is 4.86. The molecular weight excluding hydrogens is 573 g/mol. The molecule has 0 fully saturated rings. The van der Waals surface area contributed by atoms with Crippen molar-refractivity contribution >= 4 is 0 Å². The Bertz CT molecular complexity index is 1940. The Hall–Kier alpha value is -4.18. The third-order valence-electron chi connectivity index (χ3n) is 12.7. The molecule has 2 aromatic heterocycles. The minimum atomic E-state index is 0.0484. The van der Waals surface area contributed by atoms with E-state index >= 15 is 0 Å². The van der Waals surface area contributed by atoms with Gasteiger partial charge in [0.05, 0.1) is 5.69 Å². The summed E-state index contributed by atoms with van der Waals surface area (Å²) >= 11 is 0. The molecule has 0 atom stereocenters. The Morgan fingerprint density at radius 2 is 0.915 bits per heavy atom. The van der Waals surface area contributed by atoms with Crippen molar-refractivity contribution in [3.05, 3.63) is 106 Å². The molecule has 3 aliphatic carbocycles. The smallest absolute Gasteiger partial charge is 0.165 e. The summed E-state index contributed by atoms with van der Waals surface area (Å²) in [5.74, 6) is 2.12. The Balaban J connectivity index is 1.19. The van der Waals surface area contributed by atoms with Gasteiger partial charge >= 0.3 is 0 Å². The van der Waals surface area contributed by atoms with Crippen LogP contribution in [0.2, 0.25) is 0 Å². The predicted molar refractivity (Wildman–Crippen MR) is 192 cm³/mol. The zero-order valence-electron chi connectivity index (χ0n) is 28.9. The largest absolute Gasteiger partial charge is 0.255 e. The zero-order chi connectivity index (χ0) is 32.6. The quantitative estimate of drug-likeness (QED) is 0.201. The molecule has 238 valence electrons. The van der Waals surface area contributed by atoms with Gasteiger partial charge in [0.15, 0.2) is 17.5 Å². The maximum absolute atomic E-state index is 5.09. The summed E-state index contributed by atoms with van der Waals surface area (Å²) in [6, 6.07) is 24.8. The average molecular weight is 619 g/mol. The SMILES string of the molecule is CC1(C)c2ccc(-c3ccc(-c4nc(-c5ccc6c(c5)CCCC6)nc(-c5ccc6c(c5)CCCC6)n4)cn3)cc2C(C)(C)C1(C)C. The highest BCUT2D eigenvalue weighted by Gasteiger charge is 2.56. The van der Waals surface area contributed by atoms with E-state index in [0.29, 0.717) is 5.82 Å². The molecule has 0 spiro atoms. The maximum Gasteiger partial charge on any atom is 0.165 e. The van der Waals surface area contributed by atoms with Crippen LogP contribution in [-0.4, -0.2) is 19.9 Å². The predicted octanol–water partition coefficient (Wildman–Crippen LogP) is 10.3. The van der Waals surface area contributed by atoms with Crippen LogP contribution in [0, 0.1) is 5.41 Å². The highest BCUT2D eigenvalue weighted by atomic mass is 15.0. The lowest BCUT2D eigenvalue weighted by molar-refractivity contribution is 0.125. The third-order valence-corrected chi connectivity index (χ3v) is 12.7. The lowest BCUT2D eigenvalue weighted by Crippen LogP contribution is -2.42. The minimum absolute atomic E-state index is 0.0484. The first-order valence-electron chi connectivity index (χ1n) is 17.7. The lowest BCUT2D eigenvalue weighted by atomic mass is 9.59. The highest BCUT2D eigenvalue weighted by molar-refractivity contribution is 5.70. The van der Waals surface area contributed by atoms with Crippen LogP contribution in [0.15, 0.2) is 72.9 Å². The molecule has 2 heterocycles. The van der Waals surface area contributed by atoms with Gasteiger partial charge in [-0.05, 0) is 131 Å². The molecule has 0 saturated heterocycles. The standard InChI is InChI=1S/C43H46N4/c1-41(2)35-21-19-31(25-36(35)42(3,4)43(41,5)6)37-22-20-34(26-44-37)40-46-38(32-17-15-27-11-7-9-13-29(27)23-32)45-39(47-40)33-18-16-28-12-8-10-14-30(28)24-33/h15-26H,7-14H2,1-6H3. The zero-order valence-corrected chi connectivity index (χ0v) is 28.9. The molecule has 0 saturated carbocycles. The van der Waals surface area contributed by atoms with Crippen LogP contribution in [0.5, 0.6) is 0 Å². The van der Waals surface area contributed by atoms with E-state index in [-0.39, 0.29) is 16.2 Å². The van der Waals surface area contributed by atoms with E-state index in [0.717, 1.165) is 65.3 Å². The number of aromatic nitrogens is 4. The van der Waals surface area contributed by atoms with Crippen LogP contribution >= 0.6 is 0 Å². The highest BCUT2D eigenvalue weighted by Crippen LogP contribution is 2.61. The van der Waals surface area contributed by atoms with Gasteiger partial charge in [-0.1, -0.05) is 77.9 Å². The van der Waals surface area contributed by atoms with Gasteiger partial charge in [0.2, 0.25) is 0 Å². The molecule has 0 amide bonds. The molecular formula is C43H46N4. The van der Waals surface area contributed by atoms with Gasteiger partial charge in [0, 0.05) is 28.5 Å². The van der Waals surface area contributed by atoms with Gasteiger partial charge in [0.1, 0.15) is 0 Å². The first kappa shape index (κ1) is 30.2. The number of fused-ring (bicyclic) bond motifs is 3. The minimum Gasteiger partial charge on any atom is -0.255 e. The molecule has 0 radical (unpaired) electrons. The number of benzene rings is 3. The summed E-state index contributed by atoms with van der Waals surface area (Å²) < 4.78 is 0. The van der Waals surface area contributed by atoms with Gasteiger partial charge in [-0.25, -0.2) is 15.0 Å². The van der Waals surface area contributed by atoms with E-state index in [2.05, 4.69) is 108 Å². The molecule has 0 unspecified atom stereocenters. The number of hydrogen-bond acceptors (Lipinski definition) is 4. The van der Waals surface area contributed by atoms with Crippen LogP contribution in [0.25, 0.3) is 45.4 Å². The van der Waals surface area contributed by atoms with Gasteiger partial charge in [-0.2, -0.15) is 0 Å². The summed E-state index contributed by atoms with van der Waals surface area (Å²) in [5.41, 5.74) is 14.1. The topological polar surface area (TPSA) is 51.6 Å². The van der Waals surface area contributed by atoms with Crippen LogP contribution in [-0.2, 0) is 36.5 Å². The fourth-order valence-corrected chi connectivity index (χ4v) is 8.43. The van der Waals surface area contributed by atoms with Crippen molar-refractivity contribution in [2.24, 2.45) is 5.41 Å². The number of nitrogens with zero attached hydrogens (tertiary/aromatic N) is 4. The molecule has 3 aliphatic rings. The van der Waals surface area contributed by atoms with Crippen molar-refractivity contribution in [2.45, 2.75) is 104 Å². The molecule has 0 aliphatic heterocycles. The first-order valence-corrected chi connectivity index (χ1v) is 17.7. The maximum atomic E-state index is 5.09. The van der Waals surface area contributed by atoms with Gasteiger partial charge in [0.25, 0.3) is 0 Å². The van der Waals surface area contributed by atoms with Gasteiger partial charge < -0.3 is 0 Å². The Morgan fingerprint density at radius 1 is 0.447 bits per heavy atom. The monoisotopic (exact) mass is 618 g/mol. The lowest BCUT2D eigenvalue weighted by Gasteiger charge is -2.44. The van der Waals surface area contributed by atoms with E-state index < -0.39 is 0 Å². The van der Waals surface area contributed by atoms with E-state index in [4.69, 9.17) is 19.9 Å². The molecule has 0 N–H and O–H groups in total. The molecule has 8 rings (SSSR count). The van der Waals surface area contributed by atoms with Gasteiger partial charge in [-0.15, -0.1) is 0 Å². The van der Waals surface area contributed by atoms with E-state index in [1.165, 1.54) is 59.1 Å². The van der Waals surface area contributed by atoms with Crippen molar-refractivity contribution in [3.63, 3.8) is 0 Å². The van der Waals surface area contributed by atoms with Crippen molar-refractivity contribution in [1.29, 1.82) is 0 Å². The number of aryl methyl sites for hydroxylation is 4.